The zero-order valence-electron chi connectivity index (χ0n) is 11.1. The van der Waals surface area contributed by atoms with E-state index in [2.05, 4.69) is 5.32 Å². The number of halogens is 1. The molecule has 0 fully saturated rings. The second-order valence-electron chi connectivity index (χ2n) is 4.31. The average molecular weight is 285 g/mol. The monoisotopic (exact) mass is 284 g/mol. The maximum Gasteiger partial charge on any atom is 0.337 e. The fourth-order valence-electron chi connectivity index (χ4n) is 1.71. The minimum Gasteiger partial charge on any atom is -0.478 e. The number of carboxylic acids is 1. The van der Waals surface area contributed by atoms with Gasteiger partial charge in [-0.05, 0) is 39.0 Å². The summed E-state index contributed by atoms with van der Waals surface area (Å²) in [4.78, 5) is 24.6. The van der Waals surface area contributed by atoms with E-state index >= 15 is 0 Å². The highest BCUT2D eigenvalue weighted by Crippen LogP contribution is 2.21. The number of hydrogen-bond acceptors (Lipinski definition) is 2. The van der Waals surface area contributed by atoms with E-state index in [1.54, 1.807) is 11.0 Å². The van der Waals surface area contributed by atoms with Gasteiger partial charge in [0, 0.05) is 18.3 Å². The van der Waals surface area contributed by atoms with E-state index in [1.165, 1.54) is 12.1 Å². The molecule has 2 N–H and O–H groups in total. The quantitative estimate of drug-likeness (QED) is 0.891. The molecule has 0 aliphatic rings. The van der Waals surface area contributed by atoms with E-state index in [4.69, 9.17) is 16.7 Å². The Kier molecular flexibility index (Phi) is 5.18. The van der Waals surface area contributed by atoms with Crippen LogP contribution < -0.4 is 5.32 Å². The van der Waals surface area contributed by atoms with Crippen molar-refractivity contribution in [3.63, 3.8) is 0 Å². The predicted molar refractivity (Wildman–Crippen MR) is 74.9 cm³/mol. The lowest BCUT2D eigenvalue weighted by molar-refractivity contribution is 0.0697. The smallest absolute Gasteiger partial charge is 0.337 e. The van der Waals surface area contributed by atoms with E-state index in [0.29, 0.717) is 12.2 Å². The topological polar surface area (TPSA) is 69.6 Å². The van der Waals surface area contributed by atoms with Gasteiger partial charge in [0.1, 0.15) is 0 Å². The Morgan fingerprint density at radius 1 is 1.42 bits per heavy atom. The Bertz CT molecular complexity index is 489. The number of nitrogens with zero attached hydrogens (tertiary/aromatic N) is 1. The lowest BCUT2D eigenvalue weighted by Crippen LogP contribution is -2.39. The van der Waals surface area contributed by atoms with Gasteiger partial charge in [-0.2, -0.15) is 0 Å². The van der Waals surface area contributed by atoms with Gasteiger partial charge in [-0.25, -0.2) is 9.59 Å². The first-order valence-corrected chi connectivity index (χ1v) is 6.35. The third-order valence-electron chi connectivity index (χ3n) is 2.67. The van der Waals surface area contributed by atoms with Crippen LogP contribution >= 0.6 is 11.6 Å². The van der Waals surface area contributed by atoms with Crippen LogP contribution in [0.1, 0.15) is 31.1 Å². The van der Waals surface area contributed by atoms with Crippen LogP contribution in [0.5, 0.6) is 0 Å². The first kappa shape index (κ1) is 15.3. The molecule has 0 saturated carbocycles. The molecule has 5 nitrogen and oxygen atoms in total. The van der Waals surface area contributed by atoms with Crippen LogP contribution in [0.2, 0.25) is 5.02 Å². The summed E-state index contributed by atoms with van der Waals surface area (Å²) in [5.41, 5.74) is 0.373. The van der Waals surface area contributed by atoms with Crippen molar-refractivity contribution >= 4 is 29.3 Å². The number of nitrogens with one attached hydrogen (secondary N) is 1. The standard InChI is InChI=1S/C13H17ClN2O3/c1-4-16(8(2)3)13(19)15-9-5-6-11(14)10(7-9)12(17)18/h5-8H,4H2,1-3H3,(H,15,19)(H,17,18). The molecule has 2 amide bonds. The van der Waals surface area contributed by atoms with Crippen molar-refractivity contribution in [1.29, 1.82) is 0 Å². The maximum absolute atomic E-state index is 12.0. The molecule has 0 atom stereocenters. The SMILES string of the molecule is CCN(C(=O)Nc1ccc(Cl)c(C(=O)O)c1)C(C)C. The number of anilines is 1. The maximum atomic E-state index is 12.0. The van der Waals surface area contributed by atoms with Gasteiger partial charge in [0.25, 0.3) is 0 Å². The molecule has 6 heteroatoms. The molecule has 0 bridgehead atoms. The molecule has 19 heavy (non-hydrogen) atoms. The summed E-state index contributed by atoms with van der Waals surface area (Å²) in [6.45, 7) is 6.27. The summed E-state index contributed by atoms with van der Waals surface area (Å²) in [7, 11) is 0. The van der Waals surface area contributed by atoms with Gasteiger partial charge >= 0.3 is 12.0 Å². The van der Waals surface area contributed by atoms with Crippen LogP contribution in [-0.2, 0) is 0 Å². The number of aromatic carboxylic acids is 1. The van der Waals surface area contributed by atoms with Gasteiger partial charge < -0.3 is 15.3 Å². The Hall–Kier alpha value is -1.75. The molecule has 0 radical (unpaired) electrons. The normalized spacial score (nSPS) is 10.4. The van der Waals surface area contributed by atoms with Crippen molar-refractivity contribution in [2.75, 3.05) is 11.9 Å². The molecule has 0 aromatic heterocycles. The van der Waals surface area contributed by atoms with E-state index in [1.807, 2.05) is 20.8 Å². The number of urea groups is 1. The van der Waals surface area contributed by atoms with E-state index in [9.17, 15) is 9.59 Å². The summed E-state index contributed by atoms with van der Waals surface area (Å²) >= 11 is 5.76. The second kappa shape index (κ2) is 6.43. The van der Waals surface area contributed by atoms with Crippen molar-refractivity contribution in [2.24, 2.45) is 0 Å². The number of hydrogen-bond donors (Lipinski definition) is 2. The lowest BCUT2D eigenvalue weighted by Gasteiger charge is -2.25. The molecule has 0 unspecified atom stereocenters. The Morgan fingerprint density at radius 2 is 2.05 bits per heavy atom. The third kappa shape index (κ3) is 3.86. The van der Waals surface area contributed by atoms with Crippen LogP contribution in [0.3, 0.4) is 0 Å². The van der Waals surface area contributed by atoms with Gasteiger partial charge in [0.2, 0.25) is 0 Å². The Labute approximate surface area is 117 Å². The molecule has 1 aromatic carbocycles. The zero-order chi connectivity index (χ0) is 14.6. The van der Waals surface area contributed by atoms with Crippen molar-refractivity contribution in [2.45, 2.75) is 26.8 Å². The summed E-state index contributed by atoms with van der Waals surface area (Å²) in [6.07, 6.45) is 0. The van der Waals surface area contributed by atoms with Crippen molar-refractivity contribution in [1.82, 2.24) is 4.90 Å². The third-order valence-corrected chi connectivity index (χ3v) is 3.00. The summed E-state index contributed by atoms with van der Waals surface area (Å²) < 4.78 is 0. The molecule has 0 heterocycles. The summed E-state index contributed by atoms with van der Waals surface area (Å²) in [5, 5.41) is 11.8. The number of carbonyl (C=O) groups is 2. The molecule has 0 aliphatic heterocycles. The molecule has 0 saturated heterocycles. The number of carbonyl (C=O) groups excluding carboxylic acids is 1. The van der Waals surface area contributed by atoms with Crippen molar-refractivity contribution < 1.29 is 14.7 Å². The van der Waals surface area contributed by atoms with Gasteiger partial charge in [-0.15, -0.1) is 0 Å². The van der Waals surface area contributed by atoms with Crippen LogP contribution in [0, 0.1) is 0 Å². The van der Waals surface area contributed by atoms with Crippen molar-refractivity contribution in [3.05, 3.63) is 28.8 Å². The lowest BCUT2D eigenvalue weighted by atomic mass is 10.2. The molecular formula is C13H17ClN2O3. The van der Waals surface area contributed by atoms with E-state index in [0.717, 1.165) is 0 Å². The number of rotatable bonds is 4. The highest BCUT2D eigenvalue weighted by Gasteiger charge is 2.16. The number of carboxylic acid groups (broad SMARTS) is 1. The molecule has 1 rings (SSSR count). The van der Waals surface area contributed by atoms with Crippen LogP contribution in [-0.4, -0.2) is 34.6 Å². The van der Waals surface area contributed by atoms with Gasteiger partial charge in [0.15, 0.2) is 0 Å². The summed E-state index contributed by atoms with van der Waals surface area (Å²) in [6, 6.07) is 4.16. The Balaban J connectivity index is 2.91. The minimum absolute atomic E-state index is 0.0351. The van der Waals surface area contributed by atoms with Crippen molar-refractivity contribution in [3.8, 4) is 0 Å². The number of amides is 2. The van der Waals surface area contributed by atoms with Gasteiger partial charge in [-0.1, -0.05) is 11.6 Å². The molecular weight excluding hydrogens is 268 g/mol. The number of benzene rings is 1. The van der Waals surface area contributed by atoms with Gasteiger partial charge in [-0.3, -0.25) is 0 Å². The zero-order valence-corrected chi connectivity index (χ0v) is 11.9. The molecule has 0 spiro atoms. The van der Waals surface area contributed by atoms with Gasteiger partial charge in [0.05, 0.1) is 10.6 Å². The fraction of sp³-hybridized carbons (Fsp3) is 0.385. The van der Waals surface area contributed by atoms with E-state index < -0.39 is 5.97 Å². The first-order valence-electron chi connectivity index (χ1n) is 5.97. The molecule has 1 aromatic rings. The fourth-order valence-corrected chi connectivity index (χ4v) is 1.90. The largest absolute Gasteiger partial charge is 0.478 e. The highest BCUT2D eigenvalue weighted by atomic mass is 35.5. The highest BCUT2D eigenvalue weighted by molar-refractivity contribution is 6.33. The summed E-state index contributed by atoms with van der Waals surface area (Å²) in [5.74, 6) is -1.13. The molecule has 0 aliphatic carbocycles. The minimum atomic E-state index is -1.13. The van der Waals surface area contributed by atoms with Crippen LogP contribution in [0.4, 0.5) is 10.5 Å². The van der Waals surface area contributed by atoms with Crippen LogP contribution in [0.15, 0.2) is 18.2 Å². The average Bonchev–Trinajstić information content (AvgIpc) is 2.31. The van der Waals surface area contributed by atoms with Crippen LogP contribution in [0.25, 0.3) is 0 Å². The second-order valence-corrected chi connectivity index (χ2v) is 4.72. The first-order chi connectivity index (χ1) is 8.86. The Morgan fingerprint density at radius 3 is 2.53 bits per heavy atom. The van der Waals surface area contributed by atoms with E-state index in [-0.39, 0.29) is 22.7 Å². The predicted octanol–water partition coefficient (Wildman–Crippen LogP) is 3.30. The molecule has 104 valence electrons.